The van der Waals surface area contributed by atoms with Crippen LogP contribution in [0.5, 0.6) is 0 Å². The fourth-order valence-electron chi connectivity index (χ4n) is 4.75. The number of benzene rings is 3. The summed E-state index contributed by atoms with van der Waals surface area (Å²) in [5.41, 5.74) is 5.65. The molecule has 3 aromatic carbocycles. The van der Waals surface area contributed by atoms with E-state index in [0.717, 1.165) is 34.1 Å². The number of fused-ring (bicyclic) bond motifs is 1. The van der Waals surface area contributed by atoms with Crippen LogP contribution in [0.4, 0.5) is 11.4 Å². The van der Waals surface area contributed by atoms with Gasteiger partial charge in [-0.15, -0.1) is 0 Å². The molecule has 1 aromatic heterocycles. The number of carbonyl (C=O) groups excluding carboxylic acids is 2. The summed E-state index contributed by atoms with van der Waals surface area (Å²) in [6.45, 7) is 2.52. The highest BCUT2D eigenvalue weighted by Crippen LogP contribution is 2.38. The van der Waals surface area contributed by atoms with Crippen LogP contribution in [-0.4, -0.2) is 37.4 Å². The van der Waals surface area contributed by atoms with E-state index in [1.165, 1.54) is 0 Å². The summed E-state index contributed by atoms with van der Waals surface area (Å²) >= 11 is 0. The van der Waals surface area contributed by atoms with Crippen molar-refractivity contribution in [2.45, 2.75) is 19.3 Å². The van der Waals surface area contributed by atoms with Gasteiger partial charge in [0, 0.05) is 66.5 Å². The van der Waals surface area contributed by atoms with E-state index in [4.69, 9.17) is 0 Å². The average molecular weight is 481 g/mol. The van der Waals surface area contributed by atoms with Crippen molar-refractivity contribution >= 4 is 34.1 Å². The average Bonchev–Trinajstić information content (AvgIpc) is 3.48. The SMILES string of the molecule is CC1CC1C(=O)Nc1cccc(C(=O)NCC(c2ccc(N(C)C)cc2)c2c[nH]c3ccccc23)c1. The Morgan fingerprint density at radius 3 is 2.50 bits per heavy atom. The van der Waals surface area contributed by atoms with E-state index < -0.39 is 0 Å². The molecular weight excluding hydrogens is 448 g/mol. The third-order valence-corrected chi connectivity index (χ3v) is 7.11. The van der Waals surface area contributed by atoms with Crippen LogP contribution in [0.3, 0.4) is 0 Å². The van der Waals surface area contributed by atoms with Gasteiger partial charge in [0.1, 0.15) is 0 Å². The molecule has 0 radical (unpaired) electrons. The van der Waals surface area contributed by atoms with Gasteiger partial charge in [0.15, 0.2) is 0 Å². The topological polar surface area (TPSA) is 77.2 Å². The molecule has 36 heavy (non-hydrogen) atoms. The lowest BCUT2D eigenvalue weighted by molar-refractivity contribution is -0.117. The molecular formula is C30H32N4O2. The number of aromatic nitrogens is 1. The van der Waals surface area contributed by atoms with Gasteiger partial charge in [-0.1, -0.05) is 43.3 Å². The first-order chi connectivity index (χ1) is 17.4. The molecule has 1 heterocycles. The van der Waals surface area contributed by atoms with Crippen LogP contribution >= 0.6 is 0 Å². The van der Waals surface area contributed by atoms with Gasteiger partial charge < -0.3 is 20.5 Å². The van der Waals surface area contributed by atoms with Crippen LogP contribution < -0.4 is 15.5 Å². The molecule has 3 atom stereocenters. The quantitative estimate of drug-likeness (QED) is 0.316. The predicted molar refractivity (Wildman–Crippen MR) is 146 cm³/mol. The maximum atomic E-state index is 13.2. The van der Waals surface area contributed by atoms with E-state index in [0.29, 0.717) is 23.7 Å². The first kappa shape index (κ1) is 23.7. The van der Waals surface area contributed by atoms with E-state index >= 15 is 0 Å². The van der Waals surface area contributed by atoms with Gasteiger partial charge in [-0.2, -0.15) is 0 Å². The van der Waals surface area contributed by atoms with Crippen molar-refractivity contribution in [2.75, 3.05) is 30.9 Å². The Bertz CT molecular complexity index is 1390. The Hall–Kier alpha value is -4.06. The minimum atomic E-state index is -0.166. The number of anilines is 2. The molecule has 0 bridgehead atoms. The summed E-state index contributed by atoms with van der Waals surface area (Å²) in [6.07, 6.45) is 2.97. The lowest BCUT2D eigenvalue weighted by Crippen LogP contribution is -2.29. The van der Waals surface area contributed by atoms with E-state index in [2.05, 4.69) is 63.8 Å². The Balaban J connectivity index is 1.36. The summed E-state index contributed by atoms with van der Waals surface area (Å²) in [6, 6.07) is 23.8. The summed E-state index contributed by atoms with van der Waals surface area (Å²) in [4.78, 5) is 30.9. The van der Waals surface area contributed by atoms with E-state index in [1.54, 1.807) is 18.2 Å². The Morgan fingerprint density at radius 2 is 1.78 bits per heavy atom. The number of hydrogen-bond donors (Lipinski definition) is 3. The number of para-hydroxylation sites is 1. The number of aromatic amines is 1. The minimum Gasteiger partial charge on any atom is -0.378 e. The number of rotatable bonds is 8. The largest absolute Gasteiger partial charge is 0.378 e. The molecule has 2 amide bonds. The maximum absolute atomic E-state index is 13.2. The molecule has 184 valence electrons. The summed E-state index contributed by atoms with van der Waals surface area (Å²) in [5.74, 6) is 0.352. The molecule has 4 aromatic rings. The van der Waals surface area contributed by atoms with Crippen molar-refractivity contribution in [3.05, 3.63) is 95.7 Å². The van der Waals surface area contributed by atoms with E-state index in [9.17, 15) is 9.59 Å². The Kier molecular flexibility index (Phi) is 6.51. The van der Waals surface area contributed by atoms with Gasteiger partial charge in [0.05, 0.1) is 0 Å². The van der Waals surface area contributed by atoms with Gasteiger partial charge in [0.25, 0.3) is 5.91 Å². The zero-order chi connectivity index (χ0) is 25.2. The van der Waals surface area contributed by atoms with Gasteiger partial charge in [-0.25, -0.2) is 0 Å². The monoisotopic (exact) mass is 480 g/mol. The van der Waals surface area contributed by atoms with Crippen molar-refractivity contribution in [3.8, 4) is 0 Å². The standard InChI is InChI=1S/C30H32N4O2/c1-19-15-25(19)30(36)33-22-8-6-7-21(16-22)29(35)32-17-26(20-11-13-23(14-12-20)34(2)3)27-18-31-28-10-5-4-9-24(27)28/h4-14,16,18-19,25-26,31H,15,17H2,1-3H3,(H,32,35)(H,33,36). The van der Waals surface area contributed by atoms with Gasteiger partial charge in [0.2, 0.25) is 5.91 Å². The van der Waals surface area contributed by atoms with Crippen LogP contribution in [-0.2, 0) is 4.79 Å². The van der Waals surface area contributed by atoms with Crippen LogP contribution in [0.2, 0.25) is 0 Å². The van der Waals surface area contributed by atoms with Gasteiger partial charge >= 0.3 is 0 Å². The fraction of sp³-hybridized carbons (Fsp3) is 0.267. The Morgan fingerprint density at radius 1 is 1.03 bits per heavy atom. The molecule has 1 fully saturated rings. The maximum Gasteiger partial charge on any atom is 0.251 e. The van der Waals surface area contributed by atoms with E-state index in [-0.39, 0.29) is 23.7 Å². The normalized spacial score (nSPS) is 17.4. The number of nitrogens with one attached hydrogen (secondary N) is 3. The first-order valence-corrected chi connectivity index (χ1v) is 12.4. The lowest BCUT2D eigenvalue weighted by Gasteiger charge is -2.20. The molecule has 1 aliphatic carbocycles. The van der Waals surface area contributed by atoms with Crippen molar-refractivity contribution < 1.29 is 9.59 Å². The molecule has 1 saturated carbocycles. The third kappa shape index (κ3) is 4.98. The molecule has 0 aliphatic heterocycles. The predicted octanol–water partition coefficient (Wildman–Crippen LogP) is 5.39. The molecule has 5 rings (SSSR count). The summed E-state index contributed by atoms with van der Waals surface area (Å²) in [5, 5.41) is 7.23. The second kappa shape index (κ2) is 9.90. The summed E-state index contributed by atoms with van der Waals surface area (Å²) in [7, 11) is 4.04. The molecule has 0 spiro atoms. The number of hydrogen-bond acceptors (Lipinski definition) is 3. The van der Waals surface area contributed by atoms with E-state index in [1.807, 2.05) is 38.5 Å². The fourth-order valence-corrected chi connectivity index (χ4v) is 4.75. The van der Waals surface area contributed by atoms with Crippen LogP contribution in [0.15, 0.2) is 79.0 Å². The van der Waals surface area contributed by atoms with Crippen molar-refractivity contribution in [1.82, 2.24) is 10.3 Å². The molecule has 6 heteroatoms. The number of H-pyrrole nitrogens is 1. The minimum absolute atomic E-state index is 0.0273. The van der Waals surface area contributed by atoms with Gasteiger partial charge in [-0.05, 0) is 59.9 Å². The number of nitrogens with zero attached hydrogens (tertiary/aromatic N) is 1. The van der Waals surface area contributed by atoms with Crippen molar-refractivity contribution in [3.63, 3.8) is 0 Å². The first-order valence-electron chi connectivity index (χ1n) is 12.4. The summed E-state index contributed by atoms with van der Waals surface area (Å²) < 4.78 is 0. The second-order valence-electron chi connectivity index (χ2n) is 9.93. The smallest absolute Gasteiger partial charge is 0.251 e. The highest BCUT2D eigenvalue weighted by Gasteiger charge is 2.39. The van der Waals surface area contributed by atoms with Crippen molar-refractivity contribution in [1.29, 1.82) is 0 Å². The Labute approximate surface area is 211 Å². The molecule has 3 N–H and O–H groups in total. The number of carbonyl (C=O) groups is 2. The molecule has 1 aliphatic rings. The van der Waals surface area contributed by atoms with Crippen LogP contribution in [0.1, 0.15) is 40.7 Å². The highest BCUT2D eigenvalue weighted by atomic mass is 16.2. The molecule has 3 unspecified atom stereocenters. The molecule has 0 saturated heterocycles. The second-order valence-corrected chi connectivity index (χ2v) is 9.93. The van der Waals surface area contributed by atoms with Crippen LogP contribution in [0.25, 0.3) is 10.9 Å². The lowest BCUT2D eigenvalue weighted by atomic mass is 9.90. The van der Waals surface area contributed by atoms with Crippen LogP contribution in [0, 0.1) is 11.8 Å². The zero-order valence-electron chi connectivity index (χ0n) is 20.9. The third-order valence-electron chi connectivity index (χ3n) is 7.11. The van der Waals surface area contributed by atoms with Crippen molar-refractivity contribution in [2.24, 2.45) is 11.8 Å². The molecule has 6 nitrogen and oxygen atoms in total. The highest BCUT2D eigenvalue weighted by molar-refractivity contribution is 5.98. The number of amides is 2. The van der Waals surface area contributed by atoms with Gasteiger partial charge in [-0.3, -0.25) is 9.59 Å². The zero-order valence-corrected chi connectivity index (χ0v) is 20.9.